The summed E-state index contributed by atoms with van der Waals surface area (Å²) in [5, 5.41) is 3.85. The van der Waals surface area contributed by atoms with Crippen LogP contribution in [0.4, 0.5) is 0 Å². The maximum absolute atomic E-state index is 5.38. The highest BCUT2D eigenvalue weighted by Crippen LogP contribution is 2.04. The van der Waals surface area contributed by atoms with Gasteiger partial charge in [-0.05, 0) is 19.9 Å². The maximum atomic E-state index is 5.38. The third-order valence-electron chi connectivity index (χ3n) is 1.98. The minimum absolute atomic E-state index is 0.120. The van der Waals surface area contributed by atoms with E-state index in [0.29, 0.717) is 24.7 Å². The van der Waals surface area contributed by atoms with E-state index < -0.39 is 0 Å². The maximum Gasteiger partial charge on any atom is 0.226 e. The van der Waals surface area contributed by atoms with Gasteiger partial charge in [-0.15, -0.1) is 0 Å². The zero-order chi connectivity index (χ0) is 10.4. The molecule has 1 atom stereocenters. The van der Waals surface area contributed by atoms with Gasteiger partial charge in [0.2, 0.25) is 5.89 Å². The van der Waals surface area contributed by atoms with Crippen LogP contribution in [0.5, 0.6) is 0 Å². The van der Waals surface area contributed by atoms with Gasteiger partial charge in [0.15, 0.2) is 5.82 Å². The fourth-order valence-electron chi connectivity index (χ4n) is 1.07. The first-order valence-corrected chi connectivity index (χ1v) is 4.80. The topological polar surface area (TPSA) is 74.2 Å². The van der Waals surface area contributed by atoms with Crippen LogP contribution in [0.15, 0.2) is 4.52 Å². The molecule has 1 aromatic heterocycles. The van der Waals surface area contributed by atoms with Crippen LogP contribution in [0.25, 0.3) is 0 Å². The normalized spacial score (nSPS) is 13.1. The van der Waals surface area contributed by atoms with E-state index in [1.165, 1.54) is 0 Å². The lowest BCUT2D eigenvalue weighted by molar-refractivity contribution is 0.116. The van der Waals surface area contributed by atoms with Gasteiger partial charge < -0.3 is 15.0 Å². The van der Waals surface area contributed by atoms with Crippen LogP contribution in [0.1, 0.15) is 25.1 Å². The molecule has 5 nitrogen and oxygen atoms in total. The number of rotatable bonds is 6. The van der Waals surface area contributed by atoms with Crippen molar-refractivity contribution in [3.05, 3.63) is 11.7 Å². The molecule has 0 radical (unpaired) electrons. The molecule has 0 saturated carbocycles. The standard InChI is InChI=1S/C9H17N3O2/c1-7(13-2)6-8-11-9(14-12-8)4-3-5-10/h7H,3-6,10H2,1-2H3. The molecule has 0 aliphatic rings. The molecule has 14 heavy (non-hydrogen) atoms. The number of hydrogen-bond donors (Lipinski definition) is 1. The van der Waals surface area contributed by atoms with Gasteiger partial charge in [-0.2, -0.15) is 4.98 Å². The molecule has 0 spiro atoms. The van der Waals surface area contributed by atoms with Crippen LogP contribution in [-0.2, 0) is 17.6 Å². The molecular formula is C9H17N3O2. The Morgan fingerprint density at radius 3 is 3.00 bits per heavy atom. The van der Waals surface area contributed by atoms with Gasteiger partial charge in [0.25, 0.3) is 0 Å². The Hall–Kier alpha value is -0.940. The second kappa shape index (κ2) is 5.72. The first-order chi connectivity index (χ1) is 6.76. The lowest BCUT2D eigenvalue weighted by Gasteiger charge is -2.03. The summed E-state index contributed by atoms with van der Waals surface area (Å²) >= 11 is 0. The minimum atomic E-state index is 0.120. The Balaban J connectivity index is 2.42. The molecule has 0 amide bonds. The van der Waals surface area contributed by atoms with Crippen LogP contribution >= 0.6 is 0 Å². The summed E-state index contributed by atoms with van der Waals surface area (Å²) in [6, 6.07) is 0. The highest BCUT2D eigenvalue weighted by atomic mass is 16.5. The van der Waals surface area contributed by atoms with Crippen LogP contribution in [0.2, 0.25) is 0 Å². The number of hydrogen-bond acceptors (Lipinski definition) is 5. The van der Waals surface area contributed by atoms with E-state index in [9.17, 15) is 0 Å². The SMILES string of the molecule is COC(C)Cc1noc(CCCN)n1. The molecular weight excluding hydrogens is 182 g/mol. The van der Waals surface area contributed by atoms with E-state index in [1.807, 2.05) is 6.92 Å². The van der Waals surface area contributed by atoms with E-state index in [2.05, 4.69) is 10.1 Å². The summed E-state index contributed by atoms with van der Waals surface area (Å²) in [6.07, 6.45) is 2.43. The van der Waals surface area contributed by atoms with Crippen LogP contribution < -0.4 is 5.73 Å². The first-order valence-electron chi connectivity index (χ1n) is 4.80. The summed E-state index contributed by atoms with van der Waals surface area (Å²) in [5.74, 6) is 1.36. The molecule has 0 aliphatic carbocycles. The average Bonchev–Trinajstić information content (AvgIpc) is 2.62. The number of nitrogens with two attached hydrogens (primary N) is 1. The predicted octanol–water partition coefficient (Wildman–Crippen LogP) is 0.538. The van der Waals surface area contributed by atoms with Gasteiger partial charge in [-0.25, -0.2) is 0 Å². The third kappa shape index (κ3) is 3.43. The number of methoxy groups -OCH3 is 1. The van der Waals surface area contributed by atoms with Crippen molar-refractivity contribution in [2.45, 2.75) is 32.3 Å². The fourth-order valence-corrected chi connectivity index (χ4v) is 1.07. The number of aryl methyl sites for hydroxylation is 1. The van der Waals surface area contributed by atoms with E-state index in [-0.39, 0.29) is 6.10 Å². The molecule has 2 N–H and O–H groups in total. The summed E-state index contributed by atoms with van der Waals surface area (Å²) < 4.78 is 10.1. The zero-order valence-electron chi connectivity index (χ0n) is 8.69. The van der Waals surface area contributed by atoms with E-state index in [4.69, 9.17) is 15.0 Å². The minimum Gasteiger partial charge on any atom is -0.381 e. The summed E-state index contributed by atoms with van der Waals surface area (Å²) in [6.45, 7) is 2.61. The molecule has 0 aliphatic heterocycles. The second-order valence-electron chi connectivity index (χ2n) is 3.25. The quantitative estimate of drug-likeness (QED) is 0.723. The van der Waals surface area contributed by atoms with E-state index in [0.717, 1.165) is 12.8 Å². The smallest absolute Gasteiger partial charge is 0.226 e. The Kier molecular flexibility index (Phi) is 4.55. The Labute approximate surface area is 83.6 Å². The molecule has 0 aromatic carbocycles. The van der Waals surface area contributed by atoms with Crippen LogP contribution in [0, 0.1) is 0 Å². The molecule has 0 fully saturated rings. The number of ether oxygens (including phenoxy) is 1. The van der Waals surface area contributed by atoms with Gasteiger partial charge in [-0.3, -0.25) is 0 Å². The van der Waals surface area contributed by atoms with Gasteiger partial charge in [0.05, 0.1) is 6.10 Å². The van der Waals surface area contributed by atoms with Gasteiger partial charge in [-0.1, -0.05) is 5.16 Å². The molecule has 80 valence electrons. The Morgan fingerprint density at radius 1 is 1.57 bits per heavy atom. The molecule has 5 heteroatoms. The van der Waals surface area contributed by atoms with Crippen LogP contribution in [0.3, 0.4) is 0 Å². The Bertz CT molecular complexity index is 262. The van der Waals surface area contributed by atoms with Crippen molar-refractivity contribution in [2.75, 3.05) is 13.7 Å². The van der Waals surface area contributed by atoms with Gasteiger partial charge >= 0.3 is 0 Å². The molecule has 1 rings (SSSR count). The lowest BCUT2D eigenvalue weighted by Crippen LogP contribution is -2.09. The first kappa shape index (κ1) is 11.1. The molecule has 1 heterocycles. The monoisotopic (exact) mass is 199 g/mol. The van der Waals surface area contributed by atoms with E-state index in [1.54, 1.807) is 7.11 Å². The third-order valence-corrected chi connectivity index (χ3v) is 1.98. The van der Waals surface area contributed by atoms with Crippen molar-refractivity contribution in [1.29, 1.82) is 0 Å². The zero-order valence-corrected chi connectivity index (χ0v) is 8.69. The van der Waals surface area contributed by atoms with Crippen molar-refractivity contribution in [3.63, 3.8) is 0 Å². The van der Waals surface area contributed by atoms with E-state index >= 15 is 0 Å². The van der Waals surface area contributed by atoms with Crippen molar-refractivity contribution in [3.8, 4) is 0 Å². The summed E-state index contributed by atoms with van der Waals surface area (Å²) in [7, 11) is 1.67. The molecule has 0 saturated heterocycles. The average molecular weight is 199 g/mol. The highest BCUT2D eigenvalue weighted by Gasteiger charge is 2.09. The van der Waals surface area contributed by atoms with Crippen molar-refractivity contribution < 1.29 is 9.26 Å². The molecule has 0 bridgehead atoms. The number of aromatic nitrogens is 2. The Morgan fingerprint density at radius 2 is 2.36 bits per heavy atom. The van der Waals surface area contributed by atoms with Gasteiger partial charge in [0, 0.05) is 20.0 Å². The van der Waals surface area contributed by atoms with Crippen molar-refractivity contribution in [1.82, 2.24) is 10.1 Å². The number of nitrogens with zero attached hydrogens (tertiary/aromatic N) is 2. The molecule has 1 aromatic rings. The molecule has 1 unspecified atom stereocenters. The van der Waals surface area contributed by atoms with Crippen LogP contribution in [-0.4, -0.2) is 29.9 Å². The van der Waals surface area contributed by atoms with Gasteiger partial charge in [0.1, 0.15) is 0 Å². The van der Waals surface area contributed by atoms with Crippen molar-refractivity contribution >= 4 is 0 Å². The largest absolute Gasteiger partial charge is 0.381 e. The van der Waals surface area contributed by atoms with Crippen molar-refractivity contribution in [2.24, 2.45) is 5.73 Å². The summed E-state index contributed by atoms with van der Waals surface area (Å²) in [5.41, 5.74) is 5.38. The lowest BCUT2D eigenvalue weighted by atomic mass is 10.3. The summed E-state index contributed by atoms with van der Waals surface area (Å²) in [4.78, 5) is 4.22. The highest BCUT2D eigenvalue weighted by molar-refractivity contribution is 4.88. The predicted molar refractivity (Wildman–Crippen MR) is 51.8 cm³/mol. The second-order valence-corrected chi connectivity index (χ2v) is 3.25. The fraction of sp³-hybridized carbons (Fsp3) is 0.778.